The lowest BCUT2D eigenvalue weighted by atomic mass is 10.1. The van der Waals surface area contributed by atoms with Crippen LogP contribution in [0.1, 0.15) is 10.5 Å². The maximum absolute atomic E-state index is 12.7. The molecule has 0 unspecified atom stereocenters. The van der Waals surface area contributed by atoms with Crippen molar-refractivity contribution in [2.45, 2.75) is 0 Å². The topological polar surface area (TPSA) is 36.4 Å². The zero-order valence-electron chi connectivity index (χ0n) is 11.8. The van der Waals surface area contributed by atoms with E-state index >= 15 is 0 Å². The molecule has 1 saturated heterocycles. The van der Waals surface area contributed by atoms with Gasteiger partial charge in [-0.3, -0.25) is 14.7 Å². The molecule has 21 heavy (non-hydrogen) atoms. The summed E-state index contributed by atoms with van der Waals surface area (Å²) in [5.41, 5.74) is 0.571. The summed E-state index contributed by atoms with van der Waals surface area (Å²) in [5, 5.41) is 2.98. The highest BCUT2D eigenvalue weighted by Gasteiger charge is 2.23. The SMILES string of the molecule is O=C(c1nccc2ccccc12)N1CCN(CCBr)CC1. The summed E-state index contributed by atoms with van der Waals surface area (Å²) < 4.78 is 0. The smallest absolute Gasteiger partial charge is 0.273 e. The molecule has 0 atom stereocenters. The summed E-state index contributed by atoms with van der Waals surface area (Å²) in [6.07, 6.45) is 1.72. The minimum absolute atomic E-state index is 0.0466. The molecule has 1 aliphatic heterocycles. The molecule has 3 rings (SSSR count). The Labute approximate surface area is 132 Å². The highest BCUT2D eigenvalue weighted by atomic mass is 79.9. The number of carbonyl (C=O) groups is 1. The molecule has 1 aromatic carbocycles. The normalized spacial score (nSPS) is 16.3. The van der Waals surface area contributed by atoms with Gasteiger partial charge in [-0.25, -0.2) is 0 Å². The van der Waals surface area contributed by atoms with Crippen LogP contribution in [-0.4, -0.2) is 58.7 Å². The van der Waals surface area contributed by atoms with Crippen LogP contribution in [0, 0.1) is 0 Å². The van der Waals surface area contributed by atoms with Gasteiger partial charge >= 0.3 is 0 Å². The molecule has 0 radical (unpaired) electrons. The van der Waals surface area contributed by atoms with Crippen LogP contribution >= 0.6 is 15.9 Å². The fourth-order valence-electron chi connectivity index (χ4n) is 2.73. The largest absolute Gasteiger partial charge is 0.335 e. The van der Waals surface area contributed by atoms with Crippen LogP contribution in [-0.2, 0) is 0 Å². The van der Waals surface area contributed by atoms with Crippen molar-refractivity contribution in [2.24, 2.45) is 0 Å². The molecule has 2 aromatic rings. The summed E-state index contributed by atoms with van der Waals surface area (Å²) in [6, 6.07) is 9.86. The Bertz CT molecular complexity index is 633. The molecule has 110 valence electrons. The molecule has 0 spiro atoms. The van der Waals surface area contributed by atoms with Gasteiger partial charge in [0, 0.05) is 49.6 Å². The maximum atomic E-state index is 12.7. The van der Waals surface area contributed by atoms with Gasteiger partial charge in [0.25, 0.3) is 5.91 Å². The number of halogens is 1. The number of alkyl halides is 1. The average Bonchev–Trinajstić information content (AvgIpc) is 2.55. The minimum atomic E-state index is 0.0466. The summed E-state index contributed by atoms with van der Waals surface area (Å²) in [7, 11) is 0. The predicted octanol–water partition coefficient (Wildman–Crippen LogP) is 2.39. The van der Waals surface area contributed by atoms with Crippen LogP contribution < -0.4 is 0 Å². The monoisotopic (exact) mass is 347 g/mol. The minimum Gasteiger partial charge on any atom is -0.335 e. The standard InChI is InChI=1S/C16H18BrN3O/c17-6-8-19-9-11-20(12-10-19)16(21)15-14-4-2-1-3-13(14)5-7-18-15/h1-5,7H,6,8-12H2. The fraction of sp³-hybridized carbons (Fsp3) is 0.375. The number of benzene rings is 1. The second-order valence-corrected chi connectivity index (χ2v) is 6.00. The van der Waals surface area contributed by atoms with E-state index < -0.39 is 0 Å². The molecule has 4 nitrogen and oxygen atoms in total. The third-order valence-electron chi connectivity index (χ3n) is 3.94. The highest BCUT2D eigenvalue weighted by Crippen LogP contribution is 2.18. The van der Waals surface area contributed by atoms with Crippen molar-refractivity contribution in [3.8, 4) is 0 Å². The molecule has 0 N–H and O–H groups in total. The van der Waals surface area contributed by atoms with Gasteiger partial charge in [-0.05, 0) is 11.5 Å². The van der Waals surface area contributed by atoms with Crippen molar-refractivity contribution >= 4 is 32.6 Å². The number of pyridine rings is 1. The molecular formula is C16H18BrN3O. The number of aromatic nitrogens is 1. The number of hydrogen-bond donors (Lipinski definition) is 0. The molecule has 0 bridgehead atoms. The lowest BCUT2D eigenvalue weighted by molar-refractivity contribution is 0.0641. The first-order valence-corrected chi connectivity index (χ1v) is 8.33. The molecule has 1 amide bonds. The van der Waals surface area contributed by atoms with E-state index in [1.165, 1.54) is 0 Å². The van der Waals surface area contributed by atoms with E-state index in [0.29, 0.717) is 5.69 Å². The Morgan fingerprint density at radius 3 is 2.67 bits per heavy atom. The van der Waals surface area contributed by atoms with E-state index in [9.17, 15) is 4.79 Å². The van der Waals surface area contributed by atoms with Gasteiger partial charge in [-0.1, -0.05) is 40.2 Å². The van der Waals surface area contributed by atoms with Crippen LogP contribution in [0.3, 0.4) is 0 Å². The van der Waals surface area contributed by atoms with Crippen molar-refractivity contribution in [1.29, 1.82) is 0 Å². The van der Waals surface area contributed by atoms with Gasteiger partial charge in [-0.15, -0.1) is 0 Å². The van der Waals surface area contributed by atoms with Crippen LogP contribution in [0.5, 0.6) is 0 Å². The Balaban J connectivity index is 1.79. The third kappa shape index (κ3) is 3.09. The van der Waals surface area contributed by atoms with Gasteiger partial charge in [0.15, 0.2) is 0 Å². The van der Waals surface area contributed by atoms with Crippen molar-refractivity contribution in [3.63, 3.8) is 0 Å². The molecule has 1 aromatic heterocycles. The number of piperazine rings is 1. The van der Waals surface area contributed by atoms with Gasteiger partial charge in [0.1, 0.15) is 5.69 Å². The Hall–Kier alpha value is -1.46. The van der Waals surface area contributed by atoms with E-state index in [0.717, 1.165) is 48.8 Å². The molecule has 1 fully saturated rings. The second-order valence-electron chi connectivity index (χ2n) is 5.20. The van der Waals surface area contributed by atoms with Crippen molar-refractivity contribution in [3.05, 3.63) is 42.2 Å². The van der Waals surface area contributed by atoms with Crippen molar-refractivity contribution < 1.29 is 4.79 Å². The number of rotatable bonds is 3. The number of hydrogen-bond acceptors (Lipinski definition) is 3. The van der Waals surface area contributed by atoms with Crippen molar-refractivity contribution in [1.82, 2.24) is 14.8 Å². The Morgan fingerprint density at radius 2 is 1.90 bits per heavy atom. The van der Waals surface area contributed by atoms with Crippen molar-refractivity contribution in [2.75, 3.05) is 38.1 Å². The van der Waals surface area contributed by atoms with Gasteiger partial charge in [-0.2, -0.15) is 0 Å². The van der Waals surface area contributed by atoms with Crippen LogP contribution in [0.2, 0.25) is 0 Å². The fourth-order valence-corrected chi connectivity index (χ4v) is 3.24. The molecule has 5 heteroatoms. The van der Waals surface area contributed by atoms with Gasteiger partial charge in [0.05, 0.1) is 0 Å². The van der Waals surface area contributed by atoms with Gasteiger partial charge in [0.2, 0.25) is 0 Å². The number of nitrogens with zero attached hydrogens (tertiary/aromatic N) is 3. The quantitative estimate of drug-likeness (QED) is 0.800. The summed E-state index contributed by atoms with van der Waals surface area (Å²) in [5.74, 6) is 0.0466. The number of fused-ring (bicyclic) bond motifs is 1. The van der Waals surface area contributed by atoms with E-state index in [-0.39, 0.29) is 5.91 Å². The second kappa shape index (κ2) is 6.54. The highest BCUT2D eigenvalue weighted by molar-refractivity contribution is 9.09. The predicted molar refractivity (Wildman–Crippen MR) is 87.9 cm³/mol. The molecule has 0 saturated carbocycles. The lowest BCUT2D eigenvalue weighted by Crippen LogP contribution is -2.49. The first kappa shape index (κ1) is 14.5. The third-order valence-corrected chi connectivity index (χ3v) is 4.29. The first-order valence-electron chi connectivity index (χ1n) is 7.21. The zero-order valence-corrected chi connectivity index (χ0v) is 13.4. The molecule has 2 heterocycles. The summed E-state index contributed by atoms with van der Waals surface area (Å²) >= 11 is 3.46. The lowest BCUT2D eigenvalue weighted by Gasteiger charge is -2.34. The summed E-state index contributed by atoms with van der Waals surface area (Å²) in [6.45, 7) is 4.45. The van der Waals surface area contributed by atoms with Gasteiger partial charge < -0.3 is 4.90 Å². The average molecular weight is 348 g/mol. The Kier molecular flexibility index (Phi) is 4.51. The number of carbonyl (C=O) groups excluding carboxylic acids is 1. The maximum Gasteiger partial charge on any atom is 0.273 e. The Morgan fingerprint density at radius 1 is 1.14 bits per heavy atom. The molecule has 1 aliphatic rings. The zero-order chi connectivity index (χ0) is 14.7. The first-order chi connectivity index (χ1) is 10.3. The van der Waals surface area contributed by atoms with Crippen LogP contribution in [0.4, 0.5) is 0 Å². The van der Waals surface area contributed by atoms with Crippen LogP contribution in [0.25, 0.3) is 10.8 Å². The van der Waals surface area contributed by atoms with E-state index in [2.05, 4.69) is 25.8 Å². The van der Waals surface area contributed by atoms with E-state index in [4.69, 9.17) is 0 Å². The van der Waals surface area contributed by atoms with E-state index in [1.807, 2.05) is 35.2 Å². The van der Waals surface area contributed by atoms with E-state index in [1.54, 1.807) is 6.20 Å². The molecule has 0 aliphatic carbocycles. The van der Waals surface area contributed by atoms with Crippen LogP contribution in [0.15, 0.2) is 36.5 Å². The molecular weight excluding hydrogens is 330 g/mol. The summed E-state index contributed by atoms with van der Waals surface area (Å²) in [4.78, 5) is 21.3. The number of amides is 1.